The van der Waals surface area contributed by atoms with E-state index in [4.69, 9.17) is 9.47 Å². The molecule has 1 aliphatic heterocycles. The largest absolute Gasteiger partial charge is 0.458 e. The van der Waals surface area contributed by atoms with E-state index in [9.17, 15) is 4.79 Å². The molecule has 1 aliphatic rings. The van der Waals surface area contributed by atoms with Crippen molar-refractivity contribution in [1.82, 2.24) is 0 Å². The molecule has 0 N–H and O–H groups in total. The van der Waals surface area contributed by atoms with Gasteiger partial charge in [0, 0.05) is 11.6 Å². The SMILES string of the molecule is CC(C=Cc1ccccc1)=COC1C=C(C)C(=O)O1. The highest BCUT2D eigenvalue weighted by Crippen LogP contribution is 2.15. The van der Waals surface area contributed by atoms with Crippen LogP contribution < -0.4 is 0 Å². The van der Waals surface area contributed by atoms with Gasteiger partial charge in [0.05, 0.1) is 6.26 Å². The van der Waals surface area contributed by atoms with Crippen LogP contribution in [0.4, 0.5) is 0 Å². The van der Waals surface area contributed by atoms with Gasteiger partial charge in [0.25, 0.3) is 6.29 Å². The number of cyclic esters (lactones) is 1. The van der Waals surface area contributed by atoms with Crippen LogP contribution in [0.3, 0.4) is 0 Å². The average Bonchev–Trinajstić information content (AvgIpc) is 2.74. The van der Waals surface area contributed by atoms with E-state index in [1.54, 1.807) is 19.3 Å². The summed E-state index contributed by atoms with van der Waals surface area (Å²) in [4.78, 5) is 11.1. The van der Waals surface area contributed by atoms with Gasteiger partial charge in [0.15, 0.2) is 0 Å². The maximum atomic E-state index is 11.1. The number of carbonyl (C=O) groups excluding carboxylic acids is 1. The molecule has 98 valence electrons. The topological polar surface area (TPSA) is 35.5 Å². The highest BCUT2D eigenvalue weighted by atomic mass is 16.7. The molecule has 1 heterocycles. The van der Waals surface area contributed by atoms with Crippen molar-refractivity contribution in [3.63, 3.8) is 0 Å². The minimum Gasteiger partial charge on any atom is -0.458 e. The zero-order valence-electron chi connectivity index (χ0n) is 11.0. The zero-order valence-corrected chi connectivity index (χ0v) is 11.0. The Morgan fingerprint density at radius 3 is 2.68 bits per heavy atom. The molecule has 1 aromatic rings. The first-order chi connectivity index (χ1) is 9.15. The summed E-state index contributed by atoms with van der Waals surface area (Å²) in [5.74, 6) is -0.323. The highest BCUT2D eigenvalue weighted by molar-refractivity contribution is 5.89. The number of hydrogen-bond donors (Lipinski definition) is 0. The van der Waals surface area contributed by atoms with Crippen molar-refractivity contribution < 1.29 is 14.3 Å². The summed E-state index contributed by atoms with van der Waals surface area (Å²) in [6, 6.07) is 10.00. The fraction of sp³-hybridized carbons (Fsp3) is 0.188. The van der Waals surface area contributed by atoms with Gasteiger partial charge in [-0.2, -0.15) is 0 Å². The Kier molecular flexibility index (Phi) is 4.18. The molecule has 0 aromatic heterocycles. The predicted octanol–water partition coefficient (Wildman–Crippen LogP) is 3.45. The fourth-order valence-corrected chi connectivity index (χ4v) is 1.58. The van der Waals surface area contributed by atoms with Crippen molar-refractivity contribution in [2.75, 3.05) is 0 Å². The summed E-state index contributed by atoms with van der Waals surface area (Å²) in [5.41, 5.74) is 2.65. The van der Waals surface area contributed by atoms with Crippen LogP contribution in [0.5, 0.6) is 0 Å². The van der Waals surface area contributed by atoms with Gasteiger partial charge < -0.3 is 9.47 Å². The summed E-state index contributed by atoms with van der Waals surface area (Å²) >= 11 is 0. The lowest BCUT2D eigenvalue weighted by atomic mass is 10.2. The molecule has 0 amide bonds. The van der Waals surface area contributed by atoms with Gasteiger partial charge in [-0.05, 0) is 25.0 Å². The van der Waals surface area contributed by atoms with Crippen LogP contribution in [-0.4, -0.2) is 12.3 Å². The predicted molar refractivity (Wildman–Crippen MR) is 74.0 cm³/mol. The Labute approximate surface area is 112 Å². The van der Waals surface area contributed by atoms with Crippen LogP contribution in [0.1, 0.15) is 19.4 Å². The molecule has 1 aromatic carbocycles. The third kappa shape index (κ3) is 3.85. The minimum absolute atomic E-state index is 0.323. The summed E-state index contributed by atoms with van der Waals surface area (Å²) in [5, 5.41) is 0. The maximum absolute atomic E-state index is 11.1. The number of carbonyl (C=O) groups is 1. The monoisotopic (exact) mass is 256 g/mol. The van der Waals surface area contributed by atoms with Crippen molar-refractivity contribution in [2.24, 2.45) is 0 Å². The van der Waals surface area contributed by atoms with E-state index >= 15 is 0 Å². The second-order valence-electron chi connectivity index (χ2n) is 4.37. The first kappa shape index (κ1) is 13.1. The van der Waals surface area contributed by atoms with Crippen molar-refractivity contribution in [3.05, 3.63) is 65.5 Å². The van der Waals surface area contributed by atoms with Crippen molar-refractivity contribution in [1.29, 1.82) is 0 Å². The van der Waals surface area contributed by atoms with Gasteiger partial charge in [-0.3, -0.25) is 0 Å². The number of allylic oxidation sites excluding steroid dienone is 2. The van der Waals surface area contributed by atoms with Crippen LogP contribution in [0, 0.1) is 0 Å². The molecule has 1 atom stereocenters. The zero-order chi connectivity index (χ0) is 13.7. The second kappa shape index (κ2) is 6.05. The van der Waals surface area contributed by atoms with Gasteiger partial charge in [-0.25, -0.2) is 4.79 Å². The number of rotatable bonds is 4. The van der Waals surface area contributed by atoms with Crippen LogP contribution >= 0.6 is 0 Å². The molecular weight excluding hydrogens is 240 g/mol. The number of benzene rings is 1. The lowest BCUT2D eigenvalue weighted by molar-refractivity contribution is -0.152. The second-order valence-corrected chi connectivity index (χ2v) is 4.37. The molecule has 19 heavy (non-hydrogen) atoms. The first-order valence-corrected chi connectivity index (χ1v) is 6.10. The van der Waals surface area contributed by atoms with Crippen LogP contribution in [0.25, 0.3) is 6.08 Å². The van der Waals surface area contributed by atoms with Gasteiger partial charge in [0.2, 0.25) is 0 Å². The van der Waals surface area contributed by atoms with Gasteiger partial charge in [0.1, 0.15) is 0 Å². The molecule has 2 rings (SSSR count). The molecule has 0 aliphatic carbocycles. The van der Waals surface area contributed by atoms with E-state index in [1.165, 1.54) is 0 Å². The summed E-state index contributed by atoms with van der Waals surface area (Å²) in [7, 11) is 0. The first-order valence-electron chi connectivity index (χ1n) is 6.10. The Balaban J connectivity index is 1.90. The van der Waals surface area contributed by atoms with E-state index in [2.05, 4.69) is 0 Å². The van der Waals surface area contributed by atoms with E-state index in [1.807, 2.05) is 49.4 Å². The lowest BCUT2D eigenvalue weighted by Crippen LogP contribution is -2.09. The smallest absolute Gasteiger partial charge is 0.336 e. The maximum Gasteiger partial charge on any atom is 0.336 e. The Morgan fingerprint density at radius 2 is 2.05 bits per heavy atom. The molecule has 0 bridgehead atoms. The molecule has 0 spiro atoms. The standard InChI is InChI=1S/C16H16O3/c1-12(8-9-14-6-4-3-5-7-14)11-18-15-10-13(2)16(17)19-15/h3-11,15H,1-2H3. The quantitative estimate of drug-likeness (QED) is 0.470. The summed E-state index contributed by atoms with van der Waals surface area (Å²) < 4.78 is 10.3. The molecule has 0 saturated heterocycles. The van der Waals surface area contributed by atoms with Gasteiger partial charge >= 0.3 is 5.97 Å². The molecule has 0 saturated carbocycles. The van der Waals surface area contributed by atoms with Crippen LogP contribution in [0.15, 0.2) is 59.9 Å². The summed E-state index contributed by atoms with van der Waals surface area (Å²) in [6.07, 6.45) is 6.59. The third-order valence-electron chi connectivity index (χ3n) is 2.66. The molecule has 3 nitrogen and oxygen atoms in total. The molecule has 0 radical (unpaired) electrons. The molecule has 3 heteroatoms. The normalized spacial score (nSPS) is 19.5. The molecule has 0 fully saturated rings. The Bertz CT molecular complexity index is 538. The lowest BCUT2D eigenvalue weighted by Gasteiger charge is -2.07. The van der Waals surface area contributed by atoms with E-state index in [0.717, 1.165) is 11.1 Å². The number of ether oxygens (including phenoxy) is 2. The Morgan fingerprint density at radius 1 is 1.32 bits per heavy atom. The average molecular weight is 256 g/mol. The number of esters is 1. The van der Waals surface area contributed by atoms with Crippen molar-refractivity contribution in [2.45, 2.75) is 20.1 Å². The fourth-order valence-electron chi connectivity index (χ4n) is 1.58. The minimum atomic E-state index is -0.604. The number of hydrogen-bond acceptors (Lipinski definition) is 3. The van der Waals surface area contributed by atoms with Gasteiger partial charge in [-0.15, -0.1) is 0 Å². The van der Waals surface area contributed by atoms with Gasteiger partial charge in [-0.1, -0.05) is 42.5 Å². The van der Waals surface area contributed by atoms with Crippen LogP contribution in [-0.2, 0) is 14.3 Å². The van der Waals surface area contributed by atoms with E-state index in [0.29, 0.717) is 5.57 Å². The molecular formula is C16H16O3. The van der Waals surface area contributed by atoms with E-state index < -0.39 is 6.29 Å². The Hall–Kier alpha value is -2.29. The molecule has 1 unspecified atom stereocenters. The summed E-state index contributed by atoms with van der Waals surface area (Å²) in [6.45, 7) is 3.63. The highest BCUT2D eigenvalue weighted by Gasteiger charge is 2.22. The van der Waals surface area contributed by atoms with Crippen LogP contribution in [0.2, 0.25) is 0 Å². The third-order valence-corrected chi connectivity index (χ3v) is 2.66. The van der Waals surface area contributed by atoms with Crippen molar-refractivity contribution >= 4 is 12.0 Å². The van der Waals surface area contributed by atoms with E-state index in [-0.39, 0.29) is 5.97 Å². The van der Waals surface area contributed by atoms with Crippen molar-refractivity contribution in [3.8, 4) is 0 Å².